The van der Waals surface area contributed by atoms with Crippen LogP contribution in [0.1, 0.15) is 16.2 Å². The maximum absolute atomic E-state index is 13.3. The first kappa shape index (κ1) is 22.0. The predicted octanol–water partition coefficient (Wildman–Crippen LogP) is 2.71. The fourth-order valence-electron chi connectivity index (χ4n) is 4.42. The number of hydrogen-bond donors (Lipinski definition) is 0. The van der Waals surface area contributed by atoms with Gasteiger partial charge in [0.05, 0.1) is 31.8 Å². The van der Waals surface area contributed by atoms with Crippen molar-refractivity contribution < 1.29 is 14.3 Å². The van der Waals surface area contributed by atoms with Gasteiger partial charge in [0.1, 0.15) is 22.8 Å². The third kappa shape index (κ3) is 4.10. The number of aromatic nitrogens is 4. The third-order valence-corrected chi connectivity index (χ3v) is 6.32. The van der Waals surface area contributed by atoms with E-state index in [9.17, 15) is 4.79 Å². The Morgan fingerprint density at radius 2 is 1.85 bits per heavy atom. The van der Waals surface area contributed by atoms with E-state index in [2.05, 4.69) is 19.4 Å². The van der Waals surface area contributed by atoms with Crippen LogP contribution < -0.4 is 9.47 Å². The van der Waals surface area contributed by atoms with E-state index in [0.29, 0.717) is 36.0 Å². The standard InChI is InChI=1S/C25H28N6O3/c1-28-22(15-21(27-28)20-14-19(33-2)7-8-23(20)34-3)25(32)30-12-10-29(11-13-30)17-18-16-26-24-6-4-5-9-31(18)24/h4-9,14-16H,10-13,17H2,1-3H3. The molecule has 5 rings (SSSR count). The molecule has 3 aromatic heterocycles. The average molecular weight is 461 g/mol. The summed E-state index contributed by atoms with van der Waals surface area (Å²) >= 11 is 0. The number of hydrogen-bond acceptors (Lipinski definition) is 6. The monoisotopic (exact) mass is 460 g/mol. The molecule has 4 aromatic rings. The molecule has 0 spiro atoms. The van der Waals surface area contributed by atoms with Crippen molar-refractivity contribution in [3.63, 3.8) is 0 Å². The van der Waals surface area contributed by atoms with Crippen LogP contribution in [0.4, 0.5) is 0 Å². The highest BCUT2D eigenvalue weighted by Gasteiger charge is 2.26. The lowest BCUT2D eigenvalue weighted by Crippen LogP contribution is -2.48. The van der Waals surface area contributed by atoms with Crippen LogP contribution in [0.3, 0.4) is 0 Å². The van der Waals surface area contributed by atoms with Crippen LogP contribution in [0.2, 0.25) is 0 Å². The van der Waals surface area contributed by atoms with Crippen molar-refractivity contribution in [2.45, 2.75) is 6.54 Å². The Hall–Kier alpha value is -3.85. The molecule has 176 valence electrons. The van der Waals surface area contributed by atoms with Crippen LogP contribution in [-0.2, 0) is 13.6 Å². The number of piperazine rings is 1. The highest BCUT2D eigenvalue weighted by Crippen LogP contribution is 2.33. The SMILES string of the molecule is COc1ccc(OC)c(-c2cc(C(=O)N3CCN(Cc4cnc5ccccn45)CC3)n(C)n2)c1. The van der Waals surface area contributed by atoms with Crippen LogP contribution in [0.15, 0.2) is 54.9 Å². The Balaban J connectivity index is 1.28. The summed E-state index contributed by atoms with van der Waals surface area (Å²) < 4.78 is 14.6. The Labute approximate surface area is 198 Å². The number of imidazole rings is 1. The van der Waals surface area contributed by atoms with Gasteiger partial charge in [-0.1, -0.05) is 6.07 Å². The molecule has 1 aliphatic rings. The van der Waals surface area contributed by atoms with Crippen LogP contribution in [0, 0.1) is 0 Å². The zero-order chi connectivity index (χ0) is 23.7. The number of aryl methyl sites for hydroxylation is 1. The van der Waals surface area contributed by atoms with Crippen LogP contribution in [-0.4, -0.2) is 75.3 Å². The number of amides is 1. The van der Waals surface area contributed by atoms with Gasteiger partial charge in [-0.15, -0.1) is 0 Å². The molecule has 1 aromatic carbocycles. The average Bonchev–Trinajstić information content (AvgIpc) is 3.47. The van der Waals surface area contributed by atoms with Crippen LogP contribution in [0.25, 0.3) is 16.9 Å². The van der Waals surface area contributed by atoms with Crippen molar-refractivity contribution in [3.8, 4) is 22.8 Å². The minimum Gasteiger partial charge on any atom is -0.497 e. The lowest BCUT2D eigenvalue weighted by molar-refractivity contribution is 0.0616. The van der Waals surface area contributed by atoms with Crippen molar-refractivity contribution in [2.24, 2.45) is 7.05 Å². The van der Waals surface area contributed by atoms with Crippen molar-refractivity contribution in [3.05, 3.63) is 66.2 Å². The van der Waals surface area contributed by atoms with E-state index < -0.39 is 0 Å². The predicted molar refractivity (Wildman–Crippen MR) is 128 cm³/mol. The number of fused-ring (bicyclic) bond motifs is 1. The van der Waals surface area contributed by atoms with Crippen molar-refractivity contribution in [1.29, 1.82) is 0 Å². The number of benzene rings is 1. The highest BCUT2D eigenvalue weighted by atomic mass is 16.5. The van der Waals surface area contributed by atoms with Crippen molar-refractivity contribution >= 4 is 11.6 Å². The van der Waals surface area contributed by atoms with E-state index in [-0.39, 0.29) is 5.91 Å². The van der Waals surface area contributed by atoms with E-state index >= 15 is 0 Å². The Kier molecular flexibility index (Phi) is 5.93. The minimum absolute atomic E-state index is 0.0161. The van der Waals surface area contributed by atoms with Gasteiger partial charge in [-0.2, -0.15) is 5.10 Å². The second-order valence-electron chi connectivity index (χ2n) is 8.35. The molecule has 0 saturated carbocycles. The molecule has 1 saturated heterocycles. The van der Waals surface area contributed by atoms with Gasteiger partial charge in [0.25, 0.3) is 5.91 Å². The molecule has 0 aliphatic carbocycles. The molecule has 0 N–H and O–H groups in total. The molecule has 1 aliphatic heterocycles. The fraction of sp³-hybridized carbons (Fsp3) is 0.320. The zero-order valence-electron chi connectivity index (χ0n) is 19.6. The summed E-state index contributed by atoms with van der Waals surface area (Å²) in [6, 6.07) is 13.4. The van der Waals surface area contributed by atoms with E-state index in [0.717, 1.165) is 36.5 Å². The number of pyridine rings is 1. The van der Waals surface area contributed by atoms with Gasteiger partial charge < -0.3 is 18.8 Å². The molecule has 9 nitrogen and oxygen atoms in total. The number of rotatable bonds is 6. The summed E-state index contributed by atoms with van der Waals surface area (Å²) in [5.74, 6) is 1.37. The van der Waals surface area contributed by atoms with Crippen LogP contribution >= 0.6 is 0 Å². The Morgan fingerprint density at radius 3 is 2.62 bits per heavy atom. The van der Waals surface area contributed by atoms with Crippen molar-refractivity contribution in [2.75, 3.05) is 40.4 Å². The van der Waals surface area contributed by atoms with Gasteiger partial charge in [0.2, 0.25) is 0 Å². The third-order valence-electron chi connectivity index (χ3n) is 6.32. The van der Waals surface area contributed by atoms with Crippen molar-refractivity contribution in [1.82, 2.24) is 29.0 Å². The molecule has 4 heterocycles. The number of methoxy groups -OCH3 is 2. The molecule has 0 atom stereocenters. The number of nitrogens with zero attached hydrogens (tertiary/aromatic N) is 6. The molecule has 9 heteroatoms. The number of carbonyl (C=O) groups is 1. The molecule has 1 amide bonds. The van der Waals surface area contributed by atoms with Gasteiger partial charge in [-0.25, -0.2) is 4.98 Å². The fourth-order valence-corrected chi connectivity index (χ4v) is 4.42. The van der Waals surface area contributed by atoms with Gasteiger partial charge >= 0.3 is 0 Å². The molecular formula is C25H28N6O3. The lowest BCUT2D eigenvalue weighted by Gasteiger charge is -2.34. The van der Waals surface area contributed by atoms with Crippen LogP contribution in [0.5, 0.6) is 11.5 Å². The van der Waals surface area contributed by atoms with E-state index in [1.165, 1.54) is 0 Å². The Bertz CT molecular complexity index is 1320. The molecule has 1 fully saturated rings. The van der Waals surface area contributed by atoms with Gasteiger partial charge in [0, 0.05) is 51.5 Å². The second-order valence-corrected chi connectivity index (χ2v) is 8.35. The molecule has 0 radical (unpaired) electrons. The number of ether oxygens (including phenoxy) is 2. The quantitative estimate of drug-likeness (QED) is 0.440. The normalized spacial score (nSPS) is 14.5. The zero-order valence-corrected chi connectivity index (χ0v) is 19.6. The summed E-state index contributed by atoms with van der Waals surface area (Å²) in [4.78, 5) is 22.0. The topological polar surface area (TPSA) is 77.1 Å². The summed E-state index contributed by atoms with van der Waals surface area (Å²) in [6.07, 6.45) is 3.96. The van der Waals surface area contributed by atoms with Gasteiger partial charge in [0.15, 0.2) is 0 Å². The largest absolute Gasteiger partial charge is 0.497 e. The maximum atomic E-state index is 13.3. The van der Waals surface area contributed by atoms with E-state index in [4.69, 9.17) is 9.47 Å². The minimum atomic E-state index is -0.0161. The first-order valence-electron chi connectivity index (χ1n) is 11.3. The first-order valence-corrected chi connectivity index (χ1v) is 11.3. The summed E-state index contributed by atoms with van der Waals surface area (Å²) in [7, 11) is 5.03. The summed E-state index contributed by atoms with van der Waals surface area (Å²) in [6.45, 7) is 3.75. The smallest absolute Gasteiger partial charge is 0.272 e. The molecule has 34 heavy (non-hydrogen) atoms. The first-order chi connectivity index (χ1) is 16.6. The summed E-state index contributed by atoms with van der Waals surface area (Å²) in [5.41, 5.74) is 4.11. The second kappa shape index (κ2) is 9.18. The van der Waals surface area contributed by atoms with E-state index in [1.54, 1.807) is 25.9 Å². The molecular weight excluding hydrogens is 432 g/mol. The molecule has 0 unspecified atom stereocenters. The van der Waals surface area contributed by atoms with Gasteiger partial charge in [-0.05, 0) is 36.4 Å². The lowest BCUT2D eigenvalue weighted by atomic mass is 10.1. The highest BCUT2D eigenvalue weighted by molar-refractivity contribution is 5.94. The maximum Gasteiger partial charge on any atom is 0.272 e. The Morgan fingerprint density at radius 1 is 1.03 bits per heavy atom. The van der Waals surface area contributed by atoms with Gasteiger partial charge in [-0.3, -0.25) is 14.4 Å². The number of carbonyl (C=O) groups excluding carboxylic acids is 1. The summed E-state index contributed by atoms with van der Waals surface area (Å²) in [5, 5.41) is 4.59. The molecule has 0 bridgehead atoms. The van der Waals surface area contributed by atoms with E-state index in [1.807, 2.05) is 59.8 Å².